The smallest absolute Gasteiger partial charge is 0.238 e. The zero-order valence-electron chi connectivity index (χ0n) is 16.7. The number of carbonyl (C=O) groups is 2. The van der Waals surface area contributed by atoms with Crippen molar-refractivity contribution < 1.29 is 14.0 Å². The summed E-state index contributed by atoms with van der Waals surface area (Å²) < 4.78 is 15.4. The Kier molecular flexibility index (Phi) is 6.61. The Morgan fingerprint density at radius 1 is 1.14 bits per heavy atom. The van der Waals surface area contributed by atoms with Crippen molar-refractivity contribution >= 4 is 28.7 Å². The van der Waals surface area contributed by atoms with Crippen LogP contribution in [0.3, 0.4) is 0 Å². The number of ketones is 1. The summed E-state index contributed by atoms with van der Waals surface area (Å²) in [5.74, 6) is -0.741. The van der Waals surface area contributed by atoms with Gasteiger partial charge in [0.15, 0.2) is 5.78 Å². The third kappa shape index (κ3) is 5.40. The van der Waals surface area contributed by atoms with Crippen LogP contribution in [0.15, 0.2) is 47.8 Å². The lowest BCUT2D eigenvalue weighted by molar-refractivity contribution is -0.116. The van der Waals surface area contributed by atoms with Gasteiger partial charge in [-0.25, -0.2) is 4.39 Å². The number of benzene rings is 1. The fraction of sp³-hybridized carbons (Fsp3) is 0.273. The summed E-state index contributed by atoms with van der Waals surface area (Å²) in [4.78, 5) is 27.8. The molecule has 5 nitrogen and oxygen atoms in total. The zero-order chi connectivity index (χ0) is 21.0. The Morgan fingerprint density at radius 3 is 2.62 bits per heavy atom. The minimum absolute atomic E-state index is 0.0309. The van der Waals surface area contributed by atoms with Crippen molar-refractivity contribution in [3.8, 4) is 0 Å². The van der Waals surface area contributed by atoms with E-state index < -0.39 is 5.82 Å². The van der Waals surface area contributed by atoms with Gasteiger partial charge in [-0.2, -0.15) is 0 Å². The molecule has 0 saturated heterocycles. The number of aromatic nitrogens is 1. The van der Waals surface area contributed by atoms with E-state index in [9.17, 15) is 14.0 Å². The van der Waals surface area contributed by atoms with Crippen LogP contribution in [0.2, 0.25) is 0 Å². The summed E-state index contributed by atoms with van der Waals surface area (Å²) in [7, 11) is 1.72. The molecule has 0 saturated carbocycles. The summed E-state index contributed by atoms with van der Waals surface area (Å²) >= 11 is 1.69. The van der Waals surface area contributed by atoms with E-state index >= 15 is 0 Å². The quantitative estimate of drug-likeness (QED) is 0.566. The number of nitrogens with one attached hydrogen (secondary N) is 1. The lowest BCUT2D eigenvalue weighted by atomic mass is 10.1. The van der Waals surface area contributed by atoms with Crippen LogP contribution in [-0.4, -0.2) is 41.3 Å². The van der Waals surface area contributed by atoms with E-state index in [2.05, 4.69) is 16.0 Å². The molecule has 152 valence electrons. The number of aryl methyl sites for hydroxylation is 1. The highest BCUT2D eigenvalue weighted by molar-refractivity contribution is 7.09. The van der Waals surface area contributed by atoms with Crippen LogP contribution in [0.4, 0.5) is 10.1 Å². The molecule has 3 aromatic rings. The van der Waals surface area contributed by atoms with Crippen molar-refractivity contribution in [2.45, 2.75) is 20.4 Å². The number of rotatable bonds is 8. The summed E-state index contributed by atoms with van der Waals surface area (Å²) in [5.41, 5.74) is 3.03. The number of amides is 1. The number of thiophene rings is 1. The fourth-order valence-electron chi connectivity index (χ4n) is 3.28. The van der Waals surface area contributed by atoms with E-state index in [1.54, 1.807) is 29.4 Å². The average molecular weight is 414 g/mol. The van der Waals surface area contributed by atoms with Crippen LogP contribution in [0.1, 0.15) is 26.6 Å². The van der Waals surface area contributed by atoms with Crippen LogP contribution < -0.4 is 5.32 Å². The molecule has 0 unspecified atom stereocenters. The minimum Gasteiger partial charge on any atom is -0.343 e. The van der Waals surface area contributed by atoms with Crippen molar-refractivity contribution in [1.82, 2.24) is 9.47 Å². The summed E-state index contributed by atoms with van der Waals surface area (Å²) in [6, 6.07) is 11.7. The van der Waals surface area contributed by atoms with Crippen molar-refractivity contribution in [2.75, 3.05) is 25.5 Å². The van der Waals surface area contributed by atoms with Crippen LogP contribution in [-0.2, 0) is 11.3 Å². The van der Waals surface area contributed by atoms with E-state index in [0.29, 0.717) is 11.3 Å². The molecule has 1 N–H and O–H groups in total. The van der Waals surface area contributed by atoms with E-state index in [1.807, 2.05) is 31.4 Å². The van der Waals surface area contributed by atoms with Crippen molar-refractivity contribution in [3.05, 3.63) is 75.5 Å². The van der Waals surface area contributed by atoms with Gasteiger partial charge in [0, 0.05) is 27.5 Å². The molecule has 7 heteroatoms. The van der Waals surface area contributed by atoms with E-state index in [1.165, 1.54) is 23.1 Å². The number of hydrogen-bond donors (Lipinski definition) is 1. The molecule has 1 amide bonds. The monoisotopic (exact) mass is 413 g/mol. The molecule has 2 heterocycles. The predicted octanol–water partition coefficient (Wildman–Crippen LogP) is 4.11. The second-order valence-corrected chi connectivity index (χ2v) is 8.14. The first kappa shape index (κ1) is 21.0. The lowest BCUT2D eigenvalue weighted by Crippen LogP contribution is -2.34. The Hall–Kier alpha value is -2.77. The van der Waals surface area contributed by atoms with Crippen LogP contribution in [0.25, 0.3) is 0 Å². The number of nitrogens with zero attached hydrogens (tertiary/aromatic N) is 2. The fourth-order valence-corrected chi connectivity index (χ4v) is 3.98. The second-order valence-electron chi connectivity index (χ2n) is 7.10. The van der Waals surface area contributed by atoms with Crippen molar-refractivity contribution in [2.24, 2.45) is 0 Å². The van der Waals surface area contributed by atoms with Gasteiger partial charge >= 0.3 is 0 Å². The normalized spacial score (nSPS) is 11.1. The molecule has 0 aliphatic carbocycles. The Bertz CT molecular complexity index is 1010. The Labute approximate surface area is 173 Å². The number of anilines is 1. The summed E-state index contributed by atoms with van der Waals surface area (Å²) in [5, 5.41) is 4.68. The highest BCUT2D eigenvalue weighted by Gasteiger charge is 2.18. The Morgan fingerprint density at radius 2 is 1.93 bits per heavy atom. The van der Waals surface area contributed by atoms with Crippen molar-refractivity contribution in [1.29, 1.82) is 0 Å². The SMILES string of the molecule is Cc1cc(C(=O)CN(C)CC(=O)Nc2cccc(F)c2)c(C)n1Cc1cccs1. The molecule has 0 spiro atoms. The molecule has 0 aliphatic heterocycles. The van der Waals surface area contributed by atoms with E-state index in [0.717, 1.165) is 17.9 Å². The molecule has 0 atom stereocenters. The van der Waals surface area contributed by atoms with Gasteiger partial charge in [-0.1, -0.05) is 12.1 Å². The molecule has 1 aromatic carbocycles. The first-order chi connectivity index (χ1) is 13.8. The van der Waals surface area contributed by atoms with Gasteiger partial charge in [-0.15, -0.1) is 11.3 Å². The maximum atomic E-state index is 13.2. The third-order valence-corrected chi connectivity index (χ3v) is 5.56. The second kappa shape index (κ2) is 9.15. The predicted molar refractivity (Wildman–Crippen MR) is 114 cm³/mol. The molecule has 0 fully saturated rings. The van der Waals surface area contributed by atoms with Gasteiger partial charge in [0.2, 0.25) is 5.91 Å². The number of carbonyl (C=O) groups excluding carboxylic acids is 2. The Balaban J connectivity index is 1.60. The molecule has 0 aliphatic rings. The number of Topliss-reactive ketones (excluding diaryl/α,β-unsaturated/α-hetero) is 1. The largest absolute Gasteiger partial charge is 0.343 e. The van der Waals surface area contributed by atoms with E-state index in [4.69, 9.17) is 0 Å². The number of likely N-dealkylation sites (N-methyl/N-ethyl adjacent to an activating group) is 1. The molecular formula is C22H24FN3O2S. The van der Waals surface area contributed by atoms with Gasteiger partial charge in [0.05, 0.1) is 19.6 Å². The third-order valence-electron chi connectivity index (χ3n) is 4.70. The highest BCUT2D eigenvalue weighted by Crippen LogP contribution is 2.20. The molecule has 3 rings (SSSR count). The lowest BCUT2D eigenvalue weighted by Gasteiger charge is -2.16. The minimum atomic E-state index is -0.413. The average Bonchev–Trinajstić information content (AvgIpc) is 3.25. The molecule has 0 radical (unpaired) electrons. The zero-order valence-corrected chi connectivity index (χ0v) is 17.6. The number of hydrogen-bond acceptors (Lipinski definition) is 4. The highest BCUT2D eigenvalue weighted by atomic mass is 32.1. The van der Waals surface area contributed by atoms with Gasteiger partial charge in [-0.3, -0.25) is 14.5 Å². The first-order valence-corrected chi connectivity index (χ1v) is 10.2. The van der Waals surface area contributed by atoms with Crippen LogP contribution in [0, 0.1) is 19.7 Å². The molecule has 2 aromatic heterocycles. The van der Waals surface area contributed by atoms with E-state index in [-0.39, 0.29) is 24.8 Å². The number of halogens is 1. The maximum absolute atomic E-state index is 13.2. The van der Waals surface area contributed by atoms with Crippen LogP contribution in [0.5, 0.6) is 0 Å². The standard InChI is InChI=1S/C22H24FN3O2S/c1-15-10-20(16(2)26(15)12-19-8-5-9-29-19)21(27)13-25(3)14-22(28)24-18-7-4-6-17(23)11-18/h4-11H,12-14H2,1-3H3,(H,24,28). The summed E-state index contributed by atoms with van der Waals surface area (Å²) in [6.07, 6.45) is 0. The maximum Gasteiger partial charge on any atom is 0.238 e. The van der Waals surface area contributed by atoms with Gasteiger partial charge in [0.25, 0.3) is 0 Å². The van der Waals surface area contributed by atoms with Gasteiger partial charge < -0.3 is 9.88 Å². The molecule has 0 bridgehead atoms. The van der Waals surface area contributed by atoms with Crippen LogP contribution >= 0.6 is 11.3 Å². The van der Waals surface area contributed by atoms with Gasteiger partial charge in [0.1, 0.15) is 5.82 Å². The van der Waals surface area contributed by atoms with Crippen molar-refractivity contribution in [3.63, 3.8) is 0 Å². The molecular weight excluding hydrogens is 389 g/mol. The van der Waals surface area contributed by atoms with Gasteiger partial charge in [-0.05, 0) is 56.6 Å². The molecule has 29 heavy (non-hydrogen) atoms. The topological polar surface area (TPSA) is 54.3 Å². The first-order valence-electron chi connectivity index (χ1n) is 9.29. The summed E-state index contributed by atoms with van der Waals surface area (Å²) in [6.45, 7) is 4.85.